The van der Waals surface area contributed by atoms with Crippen molar-refractivity contribution in [2.45, 2.75) is 54.1 Å². The SMILES string of the molecule is CCCC1C(Sc2cc(S)cnc2C=O)OC2C(C)C2C1N(N)/C=C(\N)c1nc(Cl)cs1.CN(C)C. The fourth-order valence-corrected chi connectivity index (χ4v) is 6.96. The first-order valence-corrected chi connectivity index (χ1v) is 14.3. The molecule has 8 nitrogen and oxygen atoms in total. The van der Waals surface area contributed by atoms with Crippen molar-refractivity contribution in [1.82, 2.24) is 19.9 Å². The van der Waals surface area contributed by atoms with Crippen LogP contribution in [0.3, 0.4) is 0 Å². The first-order valence-electron chi connectivity index (χ1n) is 11.8. The molecule has 0 bridgehead atoms. The van der Waals surface area contributed by atoms with Gasteiger partial charge in [0.1, 0.15) is 21.3 Å². The maximum Gasteiger partial charge on any atom is 0.169 e. The largest absolute Gasteiger partial charge is 0.395 e. The van der Waals surface area contributed by atoms with Crippen molar-refractivity contribution in [2.75, 3.05) is 21.1 Å². The van der Waals surface area contributed by atoms with Crippen LogP contribution >= 0.6 is 47.3 Å². The highest BCUT2D eigenvalue weighted by atomic mass is 35.5. The van der Waals surface area contributed by atoms with Gasteiger partial charge in [0, 0.05) is 39.4 Å². The zero-order valence-electron chi connectivity index (χ0n) is 21.2. The third kappa shape index (κ3) is 7.15. The summed E-state index contributed by atoms with van der Waals surface area (Å²) in [6, 6.07) is 1.90. The van der Waals surface area contributed by atoms with Crippen molar-refractivity contribution in [1.29, 1.82) is 0 Å². The van der Waals surface area contributed by atoms with Gasteiger partial charge in [0.2, 0.25) is 0 Å². The van der Waals surface area contributed by atoms with E-state index in [1.165, 1.54) is 23.1 Å². The van der Waals surface area contributed by atoms with E-state index in [1.807, 2.05) is 32.1 Å². The average Bonchev–Trinajstić information content (AvgIpc) is 3.22. The Hall–Kier alpha value is -1.34. The van der Waals surface area contributed by atoms with Gasteiger partial charge >= 0.3 is 0 Å². The Kier molecular flexibility index (Phi) is 10.5. The Balaban J connectivity index is 0.000000840. The van der Waals surface area contributed by atoms with Crippen molar-refractivity contribution in [2.24, 2.45) is 29.3 Å². The second-order valence-electron chi connectivity index (χ2n) is 9.51. The zero-order chi connectivity index (χ0) is 26.6. The number of pyridine rings is 1. The lowest BCUT2D eigenvalue weighted by Crippen LogP contribution is -2.51. The van der Waals surface area contributed by atoms with Crippen molar-refractivity contribution in [3.63, 3.8) is 0 Å². The first kappa shape index (κ1) is 29.2. The molecule has 2 aromatic heterocycles. The van der Waals surface area contributed by atoms with Crippen LogP contribution in [0.25, 0.3) is 5.70 Å². The summed E-state index contributed by atoms with van der Waals surface area (Å²) >= 11 is 13.2. The Morgan fingerprint density at radius 3 is 2.67 bits per heavy atom. The molecule has 36 heavy (non-hydrogen) atoms. The molecule has 0 aromatic carbocycles. The number of hydrazine groups is 1. The van der Waals surface area contributed by atoms with Gasteiger partial charge in [-0.2, -0.15) is 0 Å². The Morgan fingerprint density at radius 1 is 1.39 bits per heavy atom. The van der Waals surface area contributed by atoms with Gasteiger partial charge < -0.3 is 20.4 Å². The van der Waals surface area contributed by atoms with Crippen molar-refractivity contribution in [3.8, 4) is 0 Å². The van der Waals surface area contributed by atoms with Crippen molar-refractivity contribution < 1.29 is 9.53 Å². The van der Waals surface area contributed by atoms with E-state index in [-0.39, 0.29) is 23.5 Å². The molecule has 4 rings (SSSR count). The van der Waals surface area contributed by atoms with Gasteiger partial charge in [-0.25, -0.2) is 10.8 Å². The smallest absolute Gasteiger partial charge is 0.169 e. The Bertz CT molecular complexity index is 1070. The molecule has 1 aliphatic heterocycles. The molecule has 2 fully saturated rings. The van der Waals surface area contributed by atoms with Crippen LogP contribution in [0.5, 0.6) is 0 Å². The van der Waals surface area contributed by atoms with E-state index >= 15 is 0 Å². The second kappa shape index (κ2) is 12.9. The summed E-state index contributed by atoms with van der Waals surface area (Å²) in [7, 11) is 6.00. The third-order valence-electron chi connectivity index (χ3n) is 6.04. The molecule has 0 radical (unpaired) electrons. The minimum atomic E-state index is -0.170. The van der Waals surface area contributed by atoms with Gasteiger partial charge in [0.15, 0.2) is 6.29 Å². The van der Waals surface area contributed by atoms with Crippen LogP contribution in [0.1, 0.15) is 42.2 Å². The topological polar surface area (TPSA) is 111 Å². The van der Waals surface area contributed by atoms with Gasteiger partial charge in [-0.3, -0.25) is 9.78 Å². The number of nitrogens with zero attached hydrogens (tertiary/aromatic N) is 4. The number of hydrogen-bond donors (Lipinski definition) is 3. The van der Waals surface area contributed by atoms with E-state index < -0.39 is 0 Å². The van der Waals surface area contributed by atoms with Gasteiger partial charge in [0.25, 0.3) is 0 Å². The average molecular weight is 571 g/mol. The number of fused-ring (bicyclic) bond motifs is 1. The summed E-state index contributed by atoms with van der Waals surface area (Å²) in [4.78, 5) is 23.5. The van der Waals surface area contributed by atoms with E-state index in [0.717, 1.165) is 24.0 Å². The van der Waals surface area contributed by atoms with Crippen molar-refractivity contribution in [3.05, 3.63) is 39.7 Å². The maximum atomic E-state index is 11.5. The van der Waals surface area contributed by atoms with Gasteiger partial charge in [-0.1, -0.05) is 43.6 Å². The lowest BCUT2D eigenvalue weighted by Gasteiger charge is -2.41. The number of thioether (sulfide) groups is 1. The summed E-state index contributed by atoms with van der Waals surface area (Å²) in [6.07, 6.45) is 6.12. The van der Waals surface area contributed by atoms with Crippen LogP contribution in [0.15, 0.2) is 33.6 Å². The number of hydrogen-bond acceptors (Lipinski definition) is 11. The van der Waals surface area contributed by atoms with Gasteiger partial charge in [-0.05, 0) is 39.5 Å². The summed E-state index contributed by atoms with van der Waals surface area (Å²) in [5, 5.41) is 4.53. The number of nitrogens with two attached hydrogens (primary N) is 2. The number of thiol groups is 1. The normalized spacial score (nSPS) is 27.2. The predicted molar refractivity (Wildman–Crippen MR) is 151 cm³/mol. The summed E-state index contributed by atoms with van der Waals surface area (Å²) in [6.45, 7) is 4.34. The highest BCUT2D eigenvalue weighted by Crippen LogP contribution is 2.56. The third-order valence-corrected chi connectivity index (χ3v) is 8.77. The summed E-state index contributed by atoms with van der Waals surface area (Å²) < 4.78 is 6.49. The van der Waals surface area contributed by atoms with Crippen LogP contribution in [-0.4, -0.2) is 64.9 Å². The number of carbonyl (C=O) groups excluding carboxylic acids is 1. The molecule has 3 heterocycles. The number of ether oxygens (including phenoxy) is 1. The molecule has 12 heteroatoms. The Labute approximate surface area is 232 Å². The molecule has 4 N–H and O–H groups in total. The molecule has 0 amide bonds. The number of halogens is 1. The lowest BCUT2D eigenvalue weighted by molar-refractivity contribution is -0.0307. The highest BCUT2D eigenvalue weighted by molar-refractivity contribution is 7.99. The number of rotatable bonds is 8. The number of carbonyl (C=O) groups is 1. The molecule has 1 aliphatic carbocycles. The van der Waals surface area contributed by atoms with Crippen LogP contribution in [-0.2, 0) is 4.74 Å². The zero-order valence-corrected chi connectivity index (χ0v) is 24.5. The molecule has 6 unspecified atom stereocenters. The Morgan fingerprint density at radius 2 is 2.08 bits per heavy atom. The molecule has 1 saturated carbocycles. The van der Waals surface area contributed by atoms with E-state index in [0.29, 0.717) is 38.3 Å². The van der Waals surface area contributed by atoms with E-state index in [9.17, 15) is 4.79 Å². The second-order valence-corrected chi connectivity index (χ2v) is 12.4. The van der Waals surface area contributed by atoms with Crippen LogP contribution < -0.4 is 11.6 Å². The standard InChI is InChI=1S/C21H26ClN5O2S3.C3H9N/c1-3-4-12-18(27(24)7-13(23)20-26-16(22)9-31-20)17-10(2)19(17)29-21(12)32-15-5-11(30)6-25-14(15)8-28;1-4(2)3/h5-10,12,17-19,21,30H,3-4,23-24H2,1-2H3;1-3H3/b13-7-;. The molecular weight excluding hydrogens is 536 g/mol. The highest BCUT2D eigenvalue weighted by Gasteiger charge is 2.61. The number of aromatic nitrogens is 2. The van der Waals surface area contributed by atoms with E-state index in [1.54, 1.807) is 22.8 Å². The lowest BCUT2D eigenvalue weighted by atomic mass is 9.89. The molecular formula is C24H35ClN6O2S3. The number of aldehydes is 1. The molecule has 198 valence electrons. The van der Waals surface area contributed by atoms with Gasteiger partial charge in [-0.15, -0.1) is 24.0 Å². The molecule has 1 saturated heterocycles. The fourth-order valence-electron chi connectivity index (χ4n) is 4.49. The van der Waals surface area contributed by atoms with Crippen LogP contribution in [0.2, 0.25) is 5.15 Å². The maximum absolute atomic E-state index is 11.5. The van der Waals surface area contributed by atoms with Crippen LogP contribution in [0.4, 0.5) is 0 Å². The van der Waals surface area contributed by atoms with E-state index in [4.69, 9.17) is 27.9 Å². The molecule has 2 aromatic rings. The minimum absolute atomic E-state index is 0.0435. The van der Waals surface area contributed by atoms with Crippen LogP contribution in [0, 0.1) is 17.8 Å². The summed E-state index contributed by atoms with van der Waals surface area (Å²) in [5.41, 5.74) is 6.98. The quantitative estimate of drug-likeness (QED) is 0.183. The first-order chi connectivity index (χ1) is 17.1. The predicted octanol–water partition coefficient (Wildman–Crippen LogP) is 4.47. The molecule has 0 spiro atoms. The molecule has 6 atom stereocenters. The monoisotopic (exact) mass is 570 g/mol. The number of thiazole rings is 1. The van der Waals surface area contributed by atoms with Crippen molar-refractivity contribution >= 4 is 59.3 Å². The van der Waals surface area contributed by atoms with E-state index in [2.05, 4.69) is 36.4 Å². The molecule has 2 aliphatic rings. The summed E-state index contributed by atoms with van der Waals surface area (Å²) in [5.74, 6) is 7.44. The minimum Gasteiger partial charge on any atom is -0.395 e. The van der Waals surface area contributed by atoms with Gasteiger partial charge in [0.05, 0.1) is 17.8 Å². The fraction of sp³-hybridized carbons (Fsp3) is 0.542.